The van der Waals surface area contributed by atoms with Crippen LogP contribution in [0.2, 0.25) is 0 Å². The molecule has 0 bridgehead atoms. The van der Waals surface area contributed by atoms with Crippen LogP contribution >= 0.6 is 0 Å². The van der Waals surface area contributed by atoms with Gasteiger partial charge in [-0.15, -0.1) is 0 Å². The Kier molecular flexibility index (Phi) is 4.74. The number of rotatable bonds is 3. The summed E-state index contributed by atoms with van der Waals surface area (Å²) in [4.78, 5) is 0. The topological polar surface area (TPSA) is 18.5 Å². The number of benzene rings is 1. The van der Waals surface area contributed by atoms with Crippen LogP contribution in [0.1, 0.15) is 55.6 Å². The molecular formula is C18H26O2. The first-order valence-electron chi connectivity index (χ1n) is 8.11. The van der Waals surface area contributed by atoms with E-state index < -0.39 is 0 Å². The van der Waals surface area contributed by atoms with Crippen molar-refractivity contribution in [1.29, 1.82) is 0 Å². The predicted molar refractivity (Wildman–Crippen MR) is 80.8 cm³/mol. The summed E-state index contributed by atoms with van der Waals surface area (Å²) in [5, 5.41) is 0. The molecule has 0 aromatic heterocycles. The molecule has 0 unspecified atom stereocenters. The monoisotopic (exact) mass is 274 g/mol. The van der Waals surface area contributed by atoms with Crippen molar-refractivity contribution in [1.82, 2.24) is 0 Å². The molecule has 1 aliphatic carbocycles. The second kappa shape index (κ2) is 6.73. The molecule has 2 heteroatoms. The van der Waals surface area contributed by atoms with Gasteiger partial charge in [0, 0.05) is 6.42 Å². The van der Waals surface area contributed by atoms with Gasteiger partial charge in [0.15, 0.2) is 6.29 Å². The van der Waals surface area contributed by atoms with Gasteiger partial charge in [-0.2, -0.15) is 0 Å². The molecule has 0 atom stereocenters. The van der Waals surface area contributed by atoms with E-state index in [2.05, 4.69) is 31.2 Å². The van der Waals surface area contributed by atoms with Gasteiger partial charge in [-0.25, -0.2) is 0 Å². The summed E-state index contributed by atoms with van der Waals surface area (Å²) in [6.07, 6.45) is 7.51. The normalized spacial score (nSPS) is 28.4. The highest BCUT2D eigenvalue weighted by Gasteiger charge is 2.26. The van der Waals surface area contributed by atoms with Gasteiger partial charge in [-0.3, -0.25) is 0 Å². The van der Waals surface area contributed by atoms with Crippen LogP contribution in [0.4, 0.5) is 0 Å². The van der Waals surface area contributed by atoms with E-state index in [4.69, 9.17) is 9.47 Å². The van der Waals surface area contributed by atoms with Crippen molar-refractivity contribution in [3.8, 4) is 0 Å². The van der Waals surface area contributed by atoms with E-state index in [1.165, 1.54) is 36.8 Å². The third-order valence-corrected chi connectivity index (χ3v) is 4.82. The van der Waals surface area contributed by atoms with Crippen molar-refractivity contribution < 1.29 is 9.47 Å². The summed E-state index contributed by atoms with van der Waals surface area (Å²) < 4.78 is 11.4. The Morgan fingerprint density at radius 2 is 1.60 bits per heavy atom. The van der Waals surface area contributed by atoms with E-state index in [9.17, 15) is 0 Å². The Balaban J connectivity index is 1.47. The van der Waals surface area contributed by atoms with Gasteiger partial charge in [-0.05, 0) is 56.4 Å². The molecule has 20 heavy (non-hydrogen) atoms. The van der Waals surface area contributed by atoms with E-state index in [0.29, 0.717) is 0 Å². The van der Waals surface area contributed by atoms with Gasteiger partial charge >= 0.3 is 0 Å². The molecule has 0 N–H and O–H groups in total. The average Bonchev–Trinajstić information content (AvgIpc) is 2.50. The predicted octanol–water partition coefficient (Wildman–Crippen LogP) is 4.42. The van der Waals surface area contributed by atoms with Crippen LogP contribution in [-0.2, 0) is 9.47 Å². The first-order valence-corrected chi connectivity index (χ1v) is 8.11. The molecule has 0 radical (unpaired) electrons. The number of aryl methyl sites for hydroxylation is 1. The quantitative estimate of drug-likeness (QED) is 0.812. The Morgan fingerprint density at radius 1 is 0.950 bits per heavy atom. The highest BCUT2D eigenvalue weighted by atomic mass is 16.7. The zero-order valence-electron chi connectivity index (χ0n) is 12.5. The van der Waals surface area contributed by atoms with Crippen LogP contribution < -0.4 is 0 Å². The van der Waals surface area contributed by atoms with Crippen molar-refractivity contribution in [3.05, 3.63) is 35.4 Å². The minimum atomic E-state index is 0.0738. The van der Waals surface area contributed by atoms with Crippen LogP contribution in [0.5, 0.6) is 0 Å². The zero-order chi connectivity index (χ0) is 13.8. The van der Waals surface area contributed by atoms with Gasteiger partial charge in [0.2, 0.25) is 0 Å². The number of hydrogen-bond donors (Lipinski definition) is 0. The smallest absolute Gasteiger partial charge is 0.157 e. The second-order valence-corrected chi connectivity index (χ2v) is 6.39. The summed E-state index contributed by atoms with van der Waals surface area (Å²) in [6.45, 7) is 3.91. The Bertz CT molecular complexity index is 398. The zero-order valence-corrected chi connectivity index (χ0v) is 12.5. The third kappa shape index (κ3) is 3.62. The van der Waals surface area contributed by atoms with E-state index >= 15 is 0 Å². The molecule has 1 saturated carbocycles. The molecule has 1 saturated heterocycles. The SMILES string of the molecule is Cc1ccc(C2CCC(CC3OCCCO3)CC2)cc1. The molecule has 0 amide bonds. The maximum atomic E-state index is 5.68. The molecule has 1 aliphatic heterocycles. The molecular weight excluding hydrogens is 248 g/mol. The third-order valence-electron chi connectivity index (χ3n) is 4.82. The van der Waals surface area contributed by atoms with Gasteiger partial charge in [0.25, 0.3) is 0 Å². The van der Waals surface area contributed by atoms with Crippen molar-refractivity contribution in [3.63, 3.8) is 0 Å². The first kappa shape index (κ1) is 14.1. The Morgan fingerprint density at radius 3 is 2.25 bits per heavy atom. The van der Waals surface area contributed by atoms with Crippen LogP contribution in [-0.4, -0.2) is 19.5 Å². The van der Waals surface area contributed by atoms with Crippen molar-refractivity contribution in [2.75, 3.05) is 13.2 Å². The van der Waals surface area contributed by atoms with E-state index in [-0.39, 0.29) is 6.29 Å². The number of ether oxygens (including phenoxy) is 2. The van der Waals surface area contributed by atoms with Crippen LogP contribution in [0.25, 0.3) is 0 Å². The van der Waals surface area contributed by atoms with Gasteiger partial charge in [-0.1, -0.05) is 29.8 Å². The minimum absolute atomic E-state index is 0.0738. The molecule has 2 fully saturated rings. The maximum absolute atomic E-state index is 5.68. The molecule has 1 heterocycles. The van der Waals surface area contributed by atoms with Crippen LogP contribution in [0.15, 0.2) is 24.3 Å². The fourth-order valence-corrected chi connectivity index (χ4v) is 3.51. The molecule has 0 spiro atoms. The fraction of sp³-hybridized carbons (Fsp3) is 0.667. The first-order chi connectivity index (χ1) is 9.81. The summed E-state index contributed by atoms with van der Waals surface area (Å²) in [7, 11) is 0. The average molecular weight is 274 g/mol. The van der Waals surface area contributed by atoms with Crippen LogP contribution in [0.3, 0.4) is 0 Å². The lowest BCUT2D eigenvalue weighted by Crippen LogP contribution is -2.28. The molecule has 2 aliphatic rings. The Labute approximate surface area is 122 Å². The standard InChI is InChI=1S/C18H26O2/c1-14-3-7-16(8-4-14)17-9-5-15(6-10-17)13-18-19-11-2-12-20-18/h3-4,7-8,15,17-18H,2,5-6,9-13H2,1H3. The van der Waals surface area contributed by atoms with E-state index in [1.807, 2.05) is 0 Å². The molecule has 110 valence electrons. The lowest BCUT2D eigenvalue weighted by Gasteiger charge is -2.32. The van der Waals surface area contributed by atoms with Gasteiger partial charge in [0.05, 0.1) is 13.2 Å². The lowest BCUT2D eigenvalue weighted by atomic mass is 9.77. The molecule has 1 aromatic carbocycles. The lowest BCUT2D eigenvalue weighted by molar-refractivity contribution is -0.187. The van der Waals surface area contributed by atoms with Gasteiger partial charge in [0.1, 0.15) is 0 Å². The van der Waals surface area contributed by atoms with Crippen molar-refractivity contribution >= 4 is 0 Å². The summed E-state index contributed by atoms with van der Waals surface area (Å²) in [5.41, 5.74) is 2.88. The second-order valence-electron chi connectivity index (χ2n) is 6.39. The highest BCUT2D eigenvalue weighted by Crippen LogP contribution is 2.38. The van der Waals surface area contributed by atoms with Crippen LogP contribution in [0, 0.1) is 12.8 Å². The Hall–Kier alpha value is -0.860. The molecule has 3 rings (SSSR count). The largest absolute Gasteiger partial charge is 0.353 e. The van der Waals surface area contributed by atoms with E-state index in [1.54, 1.807) is 0 Å². The van der Waals surface area contributed by atoms with Crippen molar-refractivity contribution in [2.45, 2.75) is 57.7 Å². The van der Waals surface area contributed by atoms with Gasteiger partial charge < -0.3 is 9.47 Å². The summed E-state index contributed by atoms with van der Waals surface area (Å²) in [5.74, 6) is 1.56. The minimum Gasteiger partial charge on any atom is -0.353 e. The maximum Gasteiger partial charge on any atom is 0.157 e. The van der Waals surface area contributed by atoms with E-state index in [0.717, 1.165) is 37.9 Å². The summed E-state index contributed by atoms with van der Waals surface area (Å²) in [6, 6.07) is 9.11. The highest BCUT2D eigenvalue weighted by molar-refractivity contribution is 5.24. The fourth-order valence-electron chi connectivity index (χ4n) is 3.51. The summed E-state index contributed by atoms with van der Waals surface area (Å²) >= 11 is 0. The molecule has 1 aromatic rings. The molecule has 2 nitrogen and oxygen atoms in total. The number of hydrogen-bond acceptors (Lipinski definition) is 2. The van der Waals surface area contributed by atoms with Crippen molar-refractivity contribution in [2.24, 2.45) is 5.92 Å².